The number of aryl methyl sites for hydroxylation is 1. The lowest BCUT2D eigenvalue weighted by Crippen LogP contribution is -2.37. The molecule has 1 aromatic carbocycles. The average molecular weight is 466 g/mol. The zero-order valence-electron chi connectivity index (χ0n) is 20.0. The van der Waals surface area contributed by atoms with Crippen LogP contribution in [-0.2, 0) is 40.4 Å². The molecule has 1 atom stereocenters. The van der Waals surface area contributed by atoms with Crippen molar-refractivity contribution in [3.8, 4) is 0 Å². The van der Waals surface area contributed by atoms with E-state index < -0.39 is 23.3 Å². The number of nitrogens with zero attached hydrogens (tertiary/aromatic N) is 5. The Hall–Kier alpha value is -3.95. The molecule has 0 spiro atoms. The molecule has 0 bridgehead atoms. The first-order valence-electron chi connectivity index (χ1n) is 10.8. The molecule has 3 aromatic rings. The molecule has 0 fully saturated rings. The summed E-state index contributed by atoms with van der Waals surface area (Å²) in [4.78, 5) is 56.2. The fourth-order valence-electron chi connectivity index (χ4n) is 4.46. The average Bonchev–Trinajstić information content (AvgIpc) is 3.29. The van der Waals surface area contributed by atoms with Crippen molar-refractivity contribution in [1.29, 1.82) is 0 Å². The van der Waals surface area contributed by atoms with Gasteiger partial charge < -0.3 is 14.2 Å². The number of benzene rings is 1. The van der Waals surface area contributed by atoms with E-state index in [2.05, 4.69) is 4.98 Å². The SMILES string of the molecule is C[C@H](OC(=O)Cn1cnc2c1c(=O)n(C)c(=O)n2C)C(=O)/C=C1/N(C)c2ccccc2C1(C)C. The van der Waals surface area contributed by atoms with E-state index in [0.717, 1.165) is 21.5 Å². The van der Waals surface area contributed by atoms with Crippen molar-refractivity contribution in [3.05, 3.63) is 68.8 Å². The highest BCUT2D eigenvalue weighted by molar-refractivity contribution is 5.96. The third-order valence-electron chi connectivity index (χ3n) is 6.44. The molecule has 1 aliphatic heterocycles. The van der Waals surface area contributed by atoms with E-state index in [1.54, 1.807) is 0 Å². The molecular weight excluding hydrogens is 438 g/mol. The Bertz CT molecular complexity index is 1470. The van der Waals surface area contributed by atoms with Crippen LogP contribution in [0.1, 0.15) is 26.3 Å². The maximum Gasteiger partial charge on any atom is 0.332 e. The number of carbonyl (C=O) groups is 2. The third-order valence-corrected chi connectivity index (χ3v) is 6.44. The number of ketones is 1. The van der Waals surface area contributed by atoms with Crippen molar-refractivity contribution in [1.82, 2.24) is 18.7 Å². The molecule has 34 heavy (non-hydrogen) atoms. The van der Waals surface area contributed by atoms with Crippen LogP contribution in [0.15, 0.2) is 52.0 Å². The maximum absolute atomic E-state index is 12.9. The van der Waals surface area contributed by atoms with E-state index in [9.17, 15) is 19.2 Å². The first-order valence-corrected chi connectivity index (χ1v) is 10.8. The molecule has 3 heterocycles. The van der Waals surface area contributed by atoms with E-state index >= 15 is 0 Å². The summed E-state index contributed by atoms with van der Waals surface area (Å²) in [6.45, 7) is 5.28. The number of imidazole rings is 1. The second-order valence-electron chi connectivity index (χ2n) is 9.02. The molecule has 2 aromatic heterocycles. The van der Waals surface area contributed by atoms with Crippen LogP contribution in [-0.4, -0.2) is 43.6 Å². The van der Waals surface area contributed by atoms with Gasteiger partial charge >= 0.3 is 11.7 Å². The van der Waals surface area contributed by atoms with E-state index in [4.69, 9.17) is 4.74 Å². The van der Waals surface area contributed by atoms with Crippen molar-refractivity contribution in [2.45, 2.75) is 38.8 Å². The second kappa shape index (κ2) is 8.12. The molecule has 0 unspecified atom stereocenters. The van der Waals surface area contributed by atoms with E-state index in [-0.39, 0.29) is 28.9 Å². The summed E-state index contributed by atoms with van der Waals surface area (Å²) in [5, 5.41) is 0. The molecule has 0 amide bonds. The number of hydrogen-bond donors (Lipinski definition) is 0. The van der Waals surface area contributed by atoms with Crippen molar-refractivity contribution >= 4 is 28.6 Å². The van der Waals surface area contributed by atoms with Gasteiger partial charge in [0.05, 0.1) is 6.33 Å². The van der Waals surface area contributed by atoms with Crippen LogP contribution in [0, 0.1) is 0 Å². The molecule has 0 aliphatic carbocycles. The van der Waals surface area contributed by atoms with Gasteiger partial charge in [0, 0.05) is 44.0 Å². The standard InChI is InChI=1S/C24H27N5O5/c1-14(17(30)11-18-24(2,3)15-9-7-8-10-16(15)26(18)4)34-19(31)12-29-13-25-21-20(29)22(32)28(6)23(33)27(21)5/h7-11,13-14H,12H2,1-6H3/b18-11+/t14-/m0/s1. The third kappa shape index (κ3) is 3.55. The minimum absolute atomic E-state index is 0.106. The topological polar surface area (TPSA) is 108 Å². The summed E-state index contributed by atoms with van der Waals surface area (Å²) < 4.78 is 8.87. The zero-order chi connectivity index (χ0) is 24.9. The summed E-state index contributed by atoms with van der Waals surface area (Å²) >= 11 is 0. The number of rotatable bonds is 5. The molecule has 0 radical (unpaired) electrons. The van der Waals surface area contributed by atoms with Crippen molar-refractivity contribution in [2.75, 3.05) is 11.9 Å². The lowest BCUT2D eigenvalue weighted by atomic mass is 9.83. The number of carbonyl (C=O) groups excluding carboxylic acids is 2. The zero-order valence-corrected chi connectivity index (χ0v) is 20.0. The minimum atomic E-state index is -1.02. The minimum Gasteiger partial charge on any atom is -0.453 e. The Labute approximate surface area is 195 Å². The summed E-state index contributed by atoms with van der Waals surface area (Å²) in [7, 11) is 4.75. The molecule has 0 N–H and O–H groups in total. The first-order chi connectivity index (χ1) is 15.9. The van der Waals surface area contributed by atoms with Crippen LogP contribution >= 0.6 is 0 Å². The number of aromatic nitrogens is 4. The number of esters is 1. The molecule has 1 aliphatic rings. The van der Waals surface area contributed by atoms with Crippen LogP contribution in [0.4, 0.5) is 5.69 Å². The summed E-state index contributed by atoms with van der Waals surface area (Å²) in [5.74, 6) is -1.04. The van der Waals surface area contributed by atoms with Gasteiger partial charge in [0.25, 0.3) is 5.56 Å². The van der Waals surface area contributed by atoms with Gasteiger partial charge in [-0.05, 0) is 18.6 Å². The smallest absolute Gasteiger partial charge is 0.332 e. The summed E-state index contributed by atoms with van der Waals surface area (Å²) in [5.41, 5.74) is 1.77. The Kier molecular flexibility index (Phi) is 5.55. The van der Waals surface area contributed by atoms with Crippen LogP contribution in [0.3, 0.4) is 0 Å². The summed E-state index contributed by atoms with van der Waals surface area (Å²) in [6, 6.07) is 7.96. The highest BCUT2D eigenvalue weighted by Crippen LogP contribution is 2.46. The number of fused-ring (bicyclic) bond motifs is 2. The highest BCUT2D eigenvalue weighted by atomic mass is 16.5. The van der Waals surface area contributed by atoms with Gasteiger partial charge in [-0.15, -0.1) is 0 Å². The van der Waals surface area contributed by atoms with E-state index in [1.807, 2.05) is 50.1 Å². The largest absolute Gasteiger partial charge is 0.453 e. The fourth-order valence-corrected chi connectivity index (χ4v) is 4.46. The lowest BCUT2D eigenvalue weighted by molar-refractivity contribution is -0.153. The molecular formula is C24H27N5O5. The number of anilines is 1. The number of hydrogen-bond acceptors (Lipinski definition) is 7. The van der Waals surface area contributed by atoms with Gasteiger partial charge in [-0.1, -0.05) is 32.0 Å². The van der Waals surface area contributed by atoms with Crippen LogP contribution in [0.2, 0.25) is 0 Å². The van der Waals surface area contributed by atoms with Gasteiger partial charge in [0.15, 0.2) is 23.1 Å². The molecule has 0 saturated carbocycles. The number of para-hydroxylation sites is 1. The van der Waals surface area contributed by atoms with Crippen molar-refractivity contribution in [2.24, 2.45) is 14.1 Å². The van der Waals surface area contributed by atoms with Gasteiger partial charge in [0.1, 0.15) is 6.54 Å². The predicted octanol–water partition coefficient (Wildman–Crippen LogP) is 1.25. The molecule has 178 valence electrons. The molecule has 0 saturated heterocycles. The number of allylic oxidation sites excluding steroid dienone is 1. The lowest BCUT2D eigenvalue weighted by Gasteiger charge is -2.24. The fraction of sp³-hybridized carbons (Fsp3) is 0.375. The van der Waals surface area contributed by atoms with Crippen LogP contribution in [0.5, 0.6) is 0 Å². The van der Waals surface area contributed by atoms with E-state index in [1.165, 1.54) is 42.6 Å². The van der Waals surface area contributed by atoms with Crippen LogP contribution < -0.4 is 16.1 Å². The Morgan fingerprint density at radius 1 is 1.12 bits per heavy atom. The molecule has 10 heteroatoms. The molecule has 10 nitrogen and oxygen atoms in total. The monoisotopic (exact) mass is 465 g/mol. The predicted molar refractivity (Wildman–Crippen MR) is 127 cm³/mol. The molecule has 4 rings (SSSR count). The highest BCUT2D eigenvalue weighted by Gasteiger charge is 2.39. The summed E-state index contributed by atoms with van der Waals surface area (Å²) in [6.07, 6.45) is 1.81. The quantitative estimate of drug-likeness (QED) is 0.412. The van der Waals surface area contributed by atoms with Gasteiger partial charge in [-0.25, -0.2) is 9.78 Å². The van der Waals surface area contributed by atoms with Gasteiger partial charge in [-0.2, -0.15) is 0 Å². The van der Waals surface area contributed by atoms with Crippen molar-refractivity contribution in [3.63, 3.8) is 0 Å². The Balaban J connectivity index is 1.53. The van der Waals surface area contributed by atoms with Gasteiger partial charge in [0.2, 0.25) is 0 Å². The maximum atomic E-state index is 12.9. The second-order valence-corrected chi connectivity index (χ2v) is 9.02. The van der Waals surface area contributed by atoms with E-state index in [0.29, 0.717) is 0 Å². The normalized spacial score (nSPS) is 16.6. The first kappa shape index (κ1) is 23.2. The Morgan fingerprint density at radius 2 is 1.79 bits per heavy atom. The van der Waals surface area contributed by atoms with Crippen molar-refractivity contribution < 1.29 is 14.3 Å². The number of likely N-dealkylation sites (N-methyl/N-ethyl adjacent to an activating group) is 1. The van der Waals surface area contributed by atoms with Gasteiger partial charge in [-0.3, -0.25) is 23.5 Å². The number of ether oxygens (including phenoxy) is 1. The Morgan fingerprint density at radius 3 is 2.47 bits per heavy atom. The van der Waals surface area contributed by atoms with Crippen LogP contribution in [0.25, 0.3) is 11.2 Å².